The highest BCUT2D eigenvalue weighted by Gasteiger charge is 2.11. The van der Waals surface area contributed by atoms with Crippen LogP contribution in [-0.4, -0.2) is 21.9 Å². The summed E-state index contributed by atoms with van der Waals surface area (Å²) in [4.78, 5) is 12.2. The van der Waals surface area contributed by atoms with Crippen LogP contribution in [0.3, 0.4) is 0 Å². The summed E-state index contributed by atoms with van der Waals surface area (Å²) < 4.78 is 1.94. The van der Waals surface area contributed by atoms with Gasteiger partial charge in [0.2, 0.25) is 0 Å². The molecule has 0 unspecified atom stereocenters. The number of hydrogen-bond donors (Lipinski definition) is 1. The molecule has 1 N–H and O–H groups in total. The average molecular weight is 381 g/mol. The number of aromatic nitrogens is 2. The number of carbonyl (C=O) groups excluding carboxylic acids is 1. The van der Waals surface area contributed by atoms with Gasteiger partial charge in [-0.25, -0.2) is 5.43 Å². The van der Waals surface area contributed by atoms with Crippen molar-refractivity contribution in [3.63, 3.8) is 0 Å². The number of nitrogens with zero attached hydrogens (tertiary/aromatic N) is 3. The van der Waals surface area contributed by atoms with Crippen LogP contribution >= 0.6 is 11.6 Å². The summed E-state index contributed by atoms with van der Waals surface area (Å²) in [5.41, 5.74) is 8.06. The Labute approximate surface area is 163 Å². The van der Waals surface area contributed by atoms with Crippen LogP contribution < -0.4 is 5.43 Å². The number of nitrogens with one attached hydrogen (secondary N) is 1. The van der Waals surface area contributed by atoms with Crippen molar-refractivity contribution in [3.8, 4) is 0 Å². The topological polar surface area (TPSA) is 59.3 Å². The van der Waals surface area contributed by atoms with Gasteiger partial charge in [0.25, 0.3) is 5.91 Å². The number of halogens is 1. The third-order valence-electron chi connectivity index (χ3n) is 4.37. The van der Waals surface area contributed by atoms with Gasteiger partial charge in [0.15, 0.2) is 0 Å². The molecule has 6 heteroatoms. The zero-order valence-corrected chi connectivity index (χ0v) is 16.3. The molecule has 0 radical (unpaired) electrons. The molecule has 0 atom stereocenters. The van der Waals surface area contributed by atoms with E-state index in [4.69, 9.17) is 11.6 Å². The minimum absolute atomic E-state index is 0.348. The van der Waals surface area contributed by atoms with E-state index in [2.05, 4.69) is 46.8 Å². The van der Waals surface area contributed by atoms with Gasteiger partial charge in [0.1, 0.15) is 0 Å². The highest BCUT2D eigenvalue weighted by molar-refractivity contribution is 6.33. The monoisotopic (exact) mass is 380 g/mol. The van der Waals surface area contributed by atoms with Crippen molar-refractivity contribution in [1.82, 2.24) is 15.2 Å². The van der Waals surface area contributed by atoms with Gasteiger partial charge in [-0.1, -0.05) is 53.6 Å². The van der Waals surface area contributed by atoms with E-state index in [1.807, 2.05) is 18.5 Å². The number of aryl methyl sites for hydroxylation is 2. The van der Waals surface area contributed by atoms with Crippen molar-refractivity contribution >= 4 is 23.7 Å². The summed E-state index contributed by atoms with van der Waals surface area (Å²) in [5, 5.41) is 9.06. The SMILES string of the molecule is Cc1ccc(Cn2nc(C)c(/C=N\NC(=O)c3ccccc3Cl)c2C)cc1. The van der Waals surface area contributed by atoms with E-state index >= 15 is 0 Å². The summed E-state index contributed by atoms with van der Waals surface area (Å²) in [5.74, 6) is -0.348. The Balaban J connectivity index is 1.72. The lowest BCUT2D eigenvalue weighted by atomic mass is 10.1. The van der Waals surface area contributed by atoms with E-state index in [1.165, 1.54) is 11.1 Å². The summed E-state index contributed by atoms with van der Waals surface area (Å²) in [6, 6.07) is 15.2. The molecule has 0 saturated carbocycles. The van der Waals surface area contributed by atoms with E-state index < -0.39 is 0 Å². The highest BCUT2D eigenvalue weighted by atomic mass is 35.5. The van der Waals surface area contributed by atoms with Gasteiger partial charge >= 0.3 is 0 Å². The molecule has 5 nitrogen and oxygen atoms in total. The summed E-state index contributed by atoms with van der Waals surface area (Å²) in [7, 11) is 0. The number of hydrazone groups is 1. The van der Waals surface area contributed by atoms with Crippen LogP contribution in [0.2, 0.25) is 5.02 Å². The van der Waals surface area contributed by atoms with Crippen molar-refractivity contribution in [2.24, 2.45) is 5.10 Å². The van der Waals surface area contributed by atoms with Gasteiger partial charge in [-0.05, 0) is 38.5 Å². The van der Waals surface area contributed by atoms with Crippen LogP contribution in [0.25, 0.3) is 0 Å². The Morgan fingerprint density at radius 3 is 2.56 bits per heavy atom. The Bertz CT molecular complexity index is 990. The van der Waals surface area contributed by atoms with Crippen LogP contribution in [0.1, 0.15) is 38.4 Å². The molecule has 3 aromatic rings. The predicted molar refractivity (Wildman–Crippen MR) is 108 cm³/mol. The van der Waals surface area contributed by atoms with Gasteiger partial charge in [-0.2, -0.15) is 10.2 Å². The number of carbonyl (C=O) groups is 1. The van der Waals surface area contributed by atoms with Crippen LogP contribution in [0.4, 0.5) is 0 Å². The molecule has 0 spiro atoms. The molecule has 1 heterocycles. The summed E-state index contributed by atoms with van der Waals surface area (Å²) in [6.45, 7) is 6.67. The van der Waals surface area contributed by atoms with Crippen molar-refractivity contribution in [2.75, 3.05) is 0 Å². The minimum Gasteiger partial charge on any atom is -0.267 e. The first-order chi connectivity index (χ1) is 13.0. The first-order valence-electron chi connectivity index (χ1n) is 8.63. The number of benzene rings is 2. The highest BCUT2D eigenvalue weighted by Crippen LogP contribution is 2.15. The van der Waals surface area contributed by atoms with Gasteiger partial charge in [0, 0.05) is 11.3 Å². The van der Waals surface area contributed by atoms with Crippen molar-refractivity contribution in [3.05, 3.63) is 87.2 Å². The predicted octanol–water partition coefficient (Wildman–Crippen LogP) is 4.27. The third kappa shape index (κ3) is 4.44. The van der Waals surface area contributed by atoms with E-state index in [0.29, 0.717) is 17.1 Å². The fourth-order valence-corrected chi connectivity index (χ4v) is 3.00. The number of hydrogen-bond acceptors (Lipinski definition) is 3. The molecule has 1 aromatic heterocycles. The van der Waals surface area contributed by atoms with E-state index in [-0.39, 0.29) is 5.91 Å². The Morgan fingerprint density at radius 2 is 1.85 bits per heavy atom. The zero-order chi connectivity index (χ0) is 19.4. The van der Waals surface area contributed by atoms with E-state index in [9.17, 15) is 4.79 Å². The lowest BCUT2D eigenvalue weighted by molar-refractivity contribution is 0.0955. The van der Waals surface area contributed by atoms with Gasteiger partial charge in [0.05, 0.1) is 29.0 Å². The van der Waals surface area contributed by atoms with Gasteiger partial charge < -0.3 is 0 Å². The maximum absolute atomic E-state index is 12.2. The molecule has 1 amide bonds. The summed E-state index contributed by atoms with van der Waals surface area (Å²) >= 11 is 6.03. The second-order valence-electron chi connectivity index (χ2n) is 6.41. The maximum atomic E-state index is 12.2. The number of rotatable bonds is 5. The minimum atomic E-state index is -0.348. The van der Waals surface area contributed by atoms with Crippen molar-refractivity contribution in [1.29, 1.82) is 0 Å². The quantitative estimate of drug-likeness (QED) is 0.530. The Hall–Kier alpha value is -2.92. The van der Waals surface area contributed by atoms with Crippen LogP contribution in [0, 0.1) is 20.8 Å². The van der Waals surface area contributed by atoms with Crippen LogP contribution in [0.15, 0.2) is 53.6 Å². The zero-order valence-electron chi connectivity index (χ0n) is 15.5. The smallest absolute Gasteiger partial charge is 0.267 e. The van der Waals surface area contributed by atoms with Crippen LogP contribution in [-0.2, 0) is 6.54 Å². The first kappa shape index (κ1) is 18.9. The lowest BCUT2D eigenvalue weighted by Crippen LogP contribution is -2.18. The molecule has 3 rings (SSSR count). The molecular weight excluding hydrogens is 360 g/mol. The van der Waals surface area contributed by atoms with Gasteiger partial charge in [-0.15, -0.1) is 0 Å². The van der Waals surface area contributed by atoms with Crippen molar-refractivity contribution < 1.29 is 4.79 Å². The molecule has 0 aliphatic carbocycles. The Kier molecular flexibility index (Phi) is 5.72. The average Bonchev–Trinajstić information content (AvgIpc) is 2.91. The Morgan fingerprint density at radius 1 is 1.15 bits per heavy atom. The first-order valence-corrected chi connectivity index (χ1v) is 9.01. The molecule has 138 valence electrons. The van der Waals surface area contributed by atoms with Gasteiger partial charge in [-0.3, -0.25) is 9.48 Å². The summed E-state index contributed by atoms with van der Waals surface area (Å²) in [6.07, 6.45) is 1.62. The second-order valence-corrected chi connectivity index (χ2v) is 6.81. The maximum Gasteiger partial charge on any atom is 0.272 e. The molecular formula is C21H21ClN4O. The molecule has 0 aliphatic heterocycles. The molecule has 2 aromatic carbocycles. The number of amides is 1. The normalized spacial score (nSPS) is 11.1. The van der Waals surface area contributed by atoms with Crippen molar-refractivity contribution in [2.45, 2.75) is 27.3 Å². The molecule has 0 bridgehead atoms. The van der Waals surface area contributed by atoms with E-state index in [1.54, 1.807) is 30.5 Å². The lowest BCUT2D eigenvalue weighted by Gasteiger charge is -2.05. The molecule has 0 fully saturated rings. The fraction of sp³-hybridized carbons (Fsp3) is 0.190. The van der Waals surface area contributed by atoms with E-state index in [0.717, 1.165) is 17.0 Å². The molecule has 0 saturated heterocycles. The third-order valence-corrected chi connectivity index (χ3v) is 4.70. The fourth-order valence-electron chi connectivity index (χ4n) is 2.78. The second kappa shape index (κ2) is 8.18. The molecule has 27 heavy (non-hydrogen) atoms. The van der Waals surface area contributed by atoms with Crippen LogP contribution in [0.5, 0.6) is 0 Å². The molecule has 0 aliphatic rings. The largest absolute Gasteiger partial charge is 0.272 e. The standard InChI is InChI=1S/C21H21ClN4O/c1-14-8-10-17(11-9-14)13-26-16(3)19(15(2)25-26)12-23-24-21(27)18-6-4-5-7-20(18)22/h4-12H,13H2,1-3H3,(H,24,27)/b23-12-.